The number of hydrogen-bond acceptors (Lipinski definition) is 6. The van der Waals surface area contributed by atoms with Gasteiger partial charge in [-0.25, -0.2) is 14.2 Å². The Balaban J connectivity index is 1.92. The van der Waals surface area contributed by atoms with E-state index in [1.165, 1.54) is 17.0 Å². The molecule has 4 heterocycles. The number of aromatic nitrogens is 2. The number of fused-ring (bicyclic) bond motifs is 2. The largest absolute Gasteiger partial charge is 0.477 e. The van der Waals surface area contributed by atoms with E-state index in [9.17, 15) is 14.7 Å². The maximum Gasteiger partial charge on any atom is 0.341 e. The molecule has 2 aliphatic heterocycles. The van der Waals surface area contributed by atoms with Gasteiger partial charge >= 0.3 is 5.97 Å². The molecule has 0 bridgehead atoms. The fourth-order valence-electron chi connectivity index (χ4n) is 3.87. The van der Waals surface area contributed by atoms with Crippen molar-refractivity contribution < 1.29 is 19.0 Å². The van der Waals surface area contributed by atoms with E-state index < -0.39 is 22.8 Å². The monoisotopic (exact) mass is 382 g/mol. The fourth-order valence-corrected chi connectivity index (χ4v) is 3.87. The highest BCUT2D eigenvalue weighted by Crippen LogP contribution is 2.46. The first kappa shape index (κ1) is 16.7. The first-order valence-corrected chi connectivity index (χ1v) is 8.74. The standard InChI is InChI=1S/C19H15FN4O4/c20-12-6-10-14-17(15(12)23-5-3-9(21)7-23)28-13-2-1-4-22-18(13)24(14)8-11(16(10)25)19(26)27/h1-2,4,6,8-9H,3,5,7,21H2,(H,26,27)/t9-/m0/s1. The summed E-state index contributed by atoms with van der Waals surface area (Å²) in [4.78, 5) is 30.3. The molecule has 3 aromatic rings. The van der Waals surface area contributed by atoms with Crippen molar-refractivity contribution in [3.05, 3.63) is 52.2 Å². The number of nitrogens with zero attached hydrogens (tertiary/aromatic N) is 3. The Kier molecular flexibility index (Phi) is 3.44. The molecule has 1 saturated heterocycles. The van der Waals surface area contributed by atoms with Gasteiger partial charge in [0.2, 0.25) is 5.43 Å². The van der Waals surface area contributed by atoms with Gasteiger partial charge in [-0.3, -0.25) is 9.36 Å². The number of benzene rings is 1. The van der Waals surface area contributed by atoms with Gasteiger partial charge < -0.3 is 20.5 Å². The van der Waals surface area contributed by atoms with Crippen molar-refractivity contribution in [3.8, 4) is 17.3 Å². The van der Waals surface area contributed by atoms with Gasteiger partial charge in [0.25, 0.3) is 0 Å². The van der Waals surface area contributed by atoms with Crippen molar-refractivity contribution in [3.63, 3.8) is 0 Å². The van der Waals surface area contributed by atoms with Crippen LogP contribution in [-0.2, 0) is 0 Å². The quantitative estimate of drug-likeness (QED) is 0.544. The minimum absolute atomic E-state index is 0.0732. The number of anilines is 1. The number of carboxylic acid groups (broad SMARTS) is 1. The van der Waals surface area contributed by atoms with Crippen LogP contribution in [0.3, 0.4) is 0 Å². The van der Waals surface area contributed by atoms with E-state index >= 15 is 4.39 Å². The molecule has 5 rings (SSSR count). The van der Waals surface area contributed by atoms with Gasteiger partial charge in [0, 0.05) is 31.5 Å². The van der Waals surface area contributed by atoms with Gasteiger partial charge in [-0.1, -0.05) is 0 Å². The number of aromatic carboxylic acids is 1. The Labute approximate surface area is 157 Å². The second kappa shape index (κ2) is 5.77. The molecule has 1 aromatic carbocycles. The Morgan fingerprint density at radius 1 is 1.43 bits per heavy atom. The van der Waals surface area contributed by atoms with Crippen molar-refractivity contribution >= 4 is 22.6 Å². The van der Waals surface area contributed by atoms with Gasteiger partial charge in [-0.05, 0) is 24.6 Å². The third kappa shape index (κ3) is 2.23. The van der Waals surface area contributed by atoms with E-state index in [2.05, 4.69) is 4.98 Å². The summed E-state index contributed by atoms with van der Waals surface area (Å²) in [5.41, 5.74) is 5.25. The third-order valence-corrected chi connectivity index (χ3v) is 5.13. The van der Waals surface area contributed by atoms with Gasteiger partial charge in [0.15, 0.2) is 23.1 Å². The van der Waals surface area contributed by atoms with Crippen LogP contribution in [0.4, 0.5) is 10.1 Å². The number of pyridine rings is 2. The Morgan fingerprint density at radius 2 is 2.25 bits per heavy atom. The molecule has 0 unspecified atom stereocenters. The number of halogens is 1. The zero-order chi connectivity index (χ0) is 19.6. The van der Waals surface area contributed by atoms with E-state index in [1.807, 2.05) is 0 Å². The summed E-state index contributed by atoms with van der Waals surface area (Å²) in [6.07, 6.45) is 3.45. The molecular formula is C19H15FN4O4. The van der Waals surface area contributed by atoms with Crippen LogP contribution in [0.15, 0.2) is 35.4 Å². The van der Waals surface area contributed by atoms with E-state index in [4.69, 9.17) is 10.5 Å². The summed E-state index contributed by atoms with van der Waals surface area (Å²) in [5.74, 6) is -1.21. The number of ether oxygens (including phenoxy) is 1. The lowest BCUT2D eigenvalue weighted by Crippen LogP contribution is -2.28. The average molecular weight is 382 g/mol. The van der Waals surface area contributed by atoms with E-state index in [0.717, 1.165) is 6.07 Å². The molecule has 0 amide bonds. The van der Waals surface area contributed by atoms with Crippen molar-refractivity contribution in [2.45, 2.75) is 12.5 Å². The zero-order valence-electron chi connectivity index (χ0n) is 14.6. The Hall–Kier alpha value is -3.46. The molecule has 9 heteroatoms. The average Bonchev–Trinajstić information content (AvgIpc) is 3.09. The third-order valence-electron chi connectivity index (χ3n) is 5.13. The SMILES string of the molecule is N[C@H]1CCN(c2c(F)cc3c(=O)c(C(=O)O)cn4c3c2Oc2cccnc2-4)C1. The van der Waals surface area contributed by atoms with Gasteiger partial charge in [0.1, 0.15) is 16.8 Å². The fraction of sp³-hybridized carbons (Fsp3) is 0.211. The molecule has 0 spiro atoms. The van der Waals surface area contributed by atoms with Gasteiger partial charge in [0.05, 0.1) is 5.39 Å². The molecule has 3 N–H and O–H groups in total. The van der Waals surface area contributed by atoms with E-state index in [0.29, 0.717) is 31.1 Å². The van der Waals surface area contributed by atoms with Crippen molar-refractivity contribution in [1.29, 1.82) is 0 Å². The second-order valence-corrected chi connectivity index (χ2v) is 6.90. The van der Waals surface area contributed by atoms with Crippen LogP contribution in [0.1, 0.15) is 16.8 Å². The summed E-state index contributed by atoms with van der Waals surface area (Å²) in [6, 6.07) is 4.30. The first-order chi connectivity index (χ1) is 13.5. The van der Waals surface area contributed by atoms with Crippen molar-refractivity contribution in [2.24, 2.45) is 5.73 Å². The molecular weight excluding hydrogens is 367 g/mol. The van der Waals surface area contributed by atoms with Crippen LogP contribution in [0.5, 0.6) is 11.5 Å². The number of rotatable bonds is 2. The maximum absolute atomic E-state index is 15.1. The molecule has 1 fully saturated rings. The Bertz CT molecular complexity index is 1220. The van der Waals surface area contributed by atoms with Crippen molar-refractivity contribution in [1.82, 2.24) is 9.55 Å². The second-order valence-electron chi connectivity index (χ2n) is 6.90. The summed E-state index contributed by atoms with van der Waals surface area (Å²) in [5, 5.41) is 9.35. The van der Waals surface area contributed by atoms with Crippen molar-refractivity contribution in [2.75, 3.05) is 18.0 Å². The molecule has 0 saturated carbocycles. The lowest BCUT2D eigenvalue weighted by Gasteiger charge is -2.28. The summed E-state index contributed by atoms with van der Waals surface area (Å²) < 4.78 is 22.6. The molecule has 0 aliphatic carbocycles. The van der Waals surface area contributed by atoms with E-state index in [1.54, 1.807) is 17.0 Å². The van der Waals surface area contributed by atoms with Crippen LogP contribution in [0.2, 0.25) is 0 Å². The summed E-state index contributed by atoms with van der Waals surface area (Å²) in [7, 11) is 0. The normalized spacial score (nSPS) is 17.5. The highest BCUT2D eigenvalue weighted by Gasteiger charge is 2.32. The lowest BCUT2D eigenvalue weighted by molar-refractivity contribution is 0.0695. The minimum Gasteiger partial charge on any atom is -0.477 e. The predicted octanol–water partition coefficient (Wildman–Crippen LogP) is 1.87. The molecule has 2 aliphatic rings. The summed E-state index contributed by atoms with van der Waals surface area (Å²) in [6.45, 7) is 1.01. The number of nitrogens with two attached hydrogens (primary N) is 1. The topological polar surface area (TPSA) is 111 Å². The molecule has 2 aromatic heterocycles. The van der Waals surface area contributed by atoms with Crippen LogP contribution in [-0.4, -0.2) is 39.8 Å². The zero-order valence-corrected chi connectivity index (χ0v) is 14.6. The van der Waals surface area contributed by atoms with Gasteiger partial charge in [-0.15, -0.1) is 0 Å². The molecule has 0 radical (unpaired) electrons. The highest BCUT2D eigenvalue weighted by molar-refractivity contribution is 5.98. The molecule has 1 atom stereocenters. The summed E-state index contributed by atoms with van der Waals surface area (Å²) >= 11 is 0. The first-order valence-electron chi connectivity index (χ1n) is 8.74. The van der Waals surface area contributed by atoms with Crippen LogP contribution >= 0.6 is 0 Å². The van der Waals surface area contributed by atoms with Crippen LogP contribution < -0.4 is 20.8 Å². The predicted molar refractivity (Wildman–Crippen MR) is 99.1 cm³/mol. The van der Waals surface area contributed by atoms with Crippen LogP contribution in [0, 0.1) is 5.82 Å². The smallest absolute Gasteiger partial charge is 0.341 e. The van der Waals surface area contributed by atoms with Gasteiger partial charge in [-0.2, -0.15) is 0 Å². The minimum atomic E-state index is -1.39. The Morgan fingerprint density at radius 3 is 2.96 bits per heavy atom. The molecule has 142 valence electrons. The van der Waals surface area contributed by atoms with Crippen LogP contribution in [0.25, 0.3) is 16.7 Å². The highest BCUT2D eigenvalue weighted by atomic mass is 19.1. The van der Waals surface area contributed by atoms with E-state index in [-0.39, 0.29) is 28.4 Å². The number of carbonyl (C=O) groups is 1. The maximum atomic E-state index is 15.1. The molecule has 28 heavy (non-hydrogen) atoms. The lowest BCUT2D eigenvalue weighted by atomic mass is 10.1. The number of hydrogen-bond donors (Lipinski definition) is 2. The molecule has 8 nitrogen and oxygen atoms in total. The number of carboxylic acids is 1.